The normalized spacial score (nSPS) is 15.9. The first-order valence-electron chi connectivity index (χ1n) is 4.70. The third-order valence-corrected chi connectivity index (χ3v) is 2.50. The molecule has 0 atom stereocenters. The van der Waals surface area contributed by atoms with Gasteiger partial charge in [-0.3, -0.25) is 0 Å². The molecular formula is C13H17NY-2. The molecule has 1 heterocycles. The Morgan fingerprint density at radius 1 is 1.27 bits per heavy atom. The van der Waals surface area contributed by atoms with Crippen LogP contribution >= 0.6 is 0 Å². The van der Waals surface area contributed by atoms with Crippen LogP contribution in [0.4, 0.5) is 0 Å². The molecule has 1 aliphatic rings. The number of hydrogen-bond donors (Lipinski definition) is 0. The molecule has 0 fully saturated rings. The van der Waals surface area contributed by atoms with Crippen LogP contribution in [-0.2, 0) is 32.7 Å². The molecule has 0 amide bonds. The molecule has 0 unspecified atom stereocenters. The molecule has 1 radical (unpaired) electrons. The van der Waals surface area contributed by atoms with Gasteiger partial charge in [-0.2, -0.15) is 30.3 Å². The molecule has 0 spiro atoms. The van der Waals surface area contributed by atoms with E-state index in [-0.39, 0.29) is 40.1 Å². The predicted molar refractivity (Wildman–Crippen MR) is 61.8 cm³/mol. The molecule has 0 aliphatic carbocycles. The summed E-state index contributed by atoms with van der Waals surface area (Å²) in [6.07, 6.45) is 3.49. The zero-order valence-electron chi connectivity index (χ0n) is 9.53. The van der Waals surface area contributed by atoms with E-state index in [0.29, 0.717) is 0 Å². The molecule has 1 aliphatic heterocycles. The molecule has 0 bridgehead atoms. The van der Waals surface area contributed by atoms with E-state index >= 15 is 0 Å². The third-order valence-electron chi connectivity index (χ3n) is 2.50. The Kier molecular flexibility index (Phi) is 7.33. The summed E-state index contributed by atoms with van der Waals surface area (Å²) in [4.78, 5) is 2.33. The zero-order chi connectivity index (χ0) is 9.10. The Morgan fingerprint density at radius 2 is 1.93 bits per heavy atom. The van der Waals surface area contributed by atoms with Gasteiger partial charge in [-0.25, -0.2) is 0 Å². The van der Waals surface area contributed by atoms with Gasteiger partial charge in [0.1, 0.15) is 0 Å². The predicted octanol–water partition coefficient (Wildman–Crippen LogP) is 2.65. The number of nitrogens with zero attached hydrogens (tertiary/aromatic N) is 1. The van der Waals surface area contributed by atoms with Crippen molar-refractivity contribution < 1.29 is 32.7 Å². The summed E-state index contributed by atoms with van der Waals surface area (Å²) in [6, 6.07) is 11.3. The Labute approximate surface area is 118 Å². The van der Waals surface area contributed by atoms with Gasteiger partial charge in [-0.05, 0) is 13.5 Å². The largest absolute Gasteiger partial charge is 0.358 e. The van der Waals surface area contributed by atoms with Crippen molar-refractivity contribution in [2.75, 3.05) is 20.1 Å². The van der Waals surface area contributed by atoms with Gasteiger partial charge in [0.15, 0.2) is 0 Å². The maximum atomic E-state index is 3.04. The second-order valence-electron chi connectivity index (χ2n) is 3.53. The molecular weight excluding hydrogens is 259 g/mol. The number of hydrogen-bond acceptors (Lipinski definition) is 1. The Hall–Kier alpha value is 0.0239. The minimum Gasteiger partial charge on any atom is -0.358 e. The topological polar surface area (TPSA) is 3.24 Å². The van der Waals surface area contributed by atoms with Crippen LogP contribution in [0.1, 0.15) is 12.0 Å². The van der Waals surface area contributed by atoms with Crippen molar-refractivity contribution in [2.45, 2.75) is 6.42 Å². The average Bonchev–Trinajstić information content (AvgIpc) is 2.20. The van der Waals surface area contributed by atoms with Crippen LogP contribution < -0.4 is 0 Å². The SMILES string of the molecule is CN1CC=C(c2cc[c-]cc2)CC1.[CH3-].[Y]. The Morgan fingerprint density at radius 3 is 2.47 bits per heavy atom. The van der Waals surface area contributed by atoms with Crippen LogP contribution in [0, 0.1) is 13.5 Å². The summed E-state index contributed by atoms with van der Waals surface area (Å²) < 4.78 is 0. The Balaban J connectivity index is 0.000000980. The number of likely N-dealkylation sites (N-methyl/N-ethyl adjacent to an activating group) is 1. The molecule has 1 aromatic rings. The summed E-state index contributed by atoms with van der Waals surface area (Å²) in [5.74, 6) is 0. The number of rotatable bonds is 1. The van der Waals surface area contributed by atoms with Gasteiger partial charge in [0.2, 0.25) is 0 Å². The van der Waals surface area contributed by atoms with Crippen LogP contribution in [-0.4, -0.2) is 25.0 Å². The minimum atomic E-state index is 0. The summed E-state index contributed by atoms with van der Waals surface area (Å²) >= 11 is 0. The van der Waals surface area contributed by atoms with Crippen molar-refractivity contribution in [3.05, 3.63) is 49.4 Å². The Bertz CT molecular complexity index is 306. The minimum absolute atomic E-state index is 0. The van der Waals surface area contributed by atoms with E-state index in [1.807, 2.05) is 12.1 Å². The fourth-order valence-electron chi connectivity index (χ4n) is 1.63. The molecule has 0 aromatic heterocycles. The van der Waals surface area contributed by atoms with Crippen LogP contribution in [0.2, 0.25) is 0 Å². The summed E-state index contributed by atoms with van der Waals surface area (Å²) in [5, 5.41) is 0. The van der Waals surface area contributed by atoms with Gasteiger partial charge in [0, 0.05) is 45.8 Å². The first-order chi connectivity index (χ1) is 6.36. The van der Waals surface area contributed by atoms with Crippen molar-refractivity contribution in [2.24, 2.45) is 0 Å². The molecule has 15 heavy (non-hydrogen) atoms. The van der Waals surface area contributed by atoms with Crippen LogP contribution in [0.5, 0.6) is 0 Å². The maximum absolute atomic E-state index is 3.04. The zero-order valence-corrected chi connectivity index (χ0v) is 12.4. The van der Waals surface area contributed by atoms with Crippen molar-refractivity contribution >= 4 is 5.57 Å². The van der Waals surface area contributed by atoms with Crippen LogP contribution in [0.15, 0.2) is 30.3 Å². The first kappa shape index (κ1) is 15.0. The van der Waals surface area contributed by atoms with E-state index < -0.39 is 0 Å². The van der Waals surface area contributed by atoms with Crippen LogP contribution in [0.3, 0.4) is 0 Å². The molecule has 0 saturated carbocycles. The average molecular weight is 276 g/mol. The van der Waals surface area contributed by atoms with E-state index in [9.17, 15) is 0 Å². The molecule has 79 valence electrons. The molecule has 0 N–H and O–H groups in total. The second kappa shape index (κ2) is 7.32. The van der Waals surface area contributed by atoms with Crippen molar-refractivity contribution in [3.63, 3.8) is 0 Å². The quantitative estimate of drug-likeness (QED) is 0.713. The van der Waals surface area contributed by atoms with Crippen molar-refractivity contribution in [3.8, 4) is 0 Å². The van der Waals surface area contributed by atoms with Gasteiger partial charge in [-0.1, -0.05) is 11.6 Å². The molecule has 2 rings (SSSR count). The molecule has 1 aromatic carbocycles. The first-order valence-corrected chi connectivity index (χ1v) is 4.70. The summed E-state index contributed by atoms with van der Waals surface area (Å²) in [5.41, 5.74) is 2.83. The number of benzene rings is 1. The van der Waals surface area contributed by atoms with Gasteiger partial charge in [-0.15, -0.1) is 5.56 Å². The summed E-state index contributed by atoms with van der Waals surface area (Å²) in [6.45, 7) is 2.25. The maximum Gasteiger partial charge on any atom is 0.0165 e. The van der Waals surface area contributed by atoms with Crippen LogP contribution in [0.25, 0.3) is 5.57 Å². The van der Waals surface area contributed by atoms with E-state index in [1.54, 1.807) is 0 Å². The molecule has 1 nitrogen and oxygen atoms in total. The van der Waals surface area contributed by atoms with Gasteiger partial charge < -0.3 is 12.3 Å². The smallest absolute Gasteiger partial charge is 0.0165 e. The fourth-order valence-corrected chi connectivity index (χ4v) is 1.63. The monoisotopic (exact) mass is 276 g/mol. The van der Waals surface area contributed by atoms with Gasteiger partial charge >= 0.3 is 0 Å². The second-order valence-corrected chi connectivity index (χ2v) is 3.53. The standard InChI is InChI=1S/C12H14N.CH3.Y/c1-13-9-7-12(8-10-13)11-5-3-2-4-6-11;;/h3-7H,8-10H2,1H3;1H3;/q2*-1;. The third kappa shape index (κ3) is 4.18. The summed E-state index contributed by atoms with van der Waals surface area (Å²) in [7, 11) is 2.16. The van der Waals surface area contributed by atoms with E-state index in [1.165, 1.54) is 24.1 Å². The van der Waals surface area contributed by atoms with Gasteiger partial charge in [0.05, 0.1) is 0 Å². The van der Waals surface area contributed by atoms with Crippen molar-refractivity contribution in [1.82, 2.24) is 4.90 Å². The van der Waals surface area contributed by atoms with E-state index in [0.717, 1.165) is 6.54 Å². The van der Waals surface area contributed by atoms with Gasteiger partial charge in [0.25, 0.3) is 0 Å². The molecule has 2 heteroatoms. The van der Waals surface area contributed by atoms with E-state index in [2.05, 4.69) is 36.2 Å². The van der Waals surface area contributed by atoms with Crippen molar-refractivity contribution in [1.29, 1.82) is 0 Å². The van der Waals surface area contributed by atoms with E-state index in [4.69, 9.17) is 0 Å². The fraction of sp³-hybridized carbons (Fsp3) is 0.308. The molecule has 0 saturated heterocycles.